The van der Waals surface area contributed by atoms with Crippen molar-refractivity contribution < 1.29 is 24.1 Å². The molecule has 5 rings (SSSR count). The van der Waals surface area contributed by atoms with Crippen LogP contribution in [-0.2, 0) is 17.8 Å². The number of carboxylic acids is 1. The highest BCUT2D eigenvalue weighted by molar-refractivity contribution is 6.31. The summed E-state index contributed by atoms with van der Waals surface area (Å²) < 4.78 is 17.6. The molecule has 0 bridgehead atoms. The van der Waals surface area contributed by atoms with E-state index < -0.39 is 12.6 Å². The summed E-state index contributed by atoms with van der Waals surface area (Å²) in [5.74, 6) is 0.890. The topological polar surface area (TPSA) is 65.0 Å². The van der Waals surface area contributed by atoms with Crippen LogP contribution in [0.2, 0.25) is 5.02 Å². The molecule has 0 heterocycles. The fourth-order valence-electron chi connectivity index (χ4n) is 4.55. The van der Waals surface area contributed by atoms with Crippen LogP contribution >= 0.6 is 11.6 Å². The van der Waals surface area contributed by atoms with Gasteiger partial charge in [-0.3, -0.25) is 0 Å². The van der Waals surface area contributed by atoms with Crippen LogP contribution < -0.4 is 14.2 Å². The quantitative estimate of drug-likeness (QED) is 0.196. The molecule has 39 heavy (non-hydrogen) atoms. The van der Waals surface area contributed by atoms with Gasteiger partial charge in [0.05, 0.1) is 7.11 Å². The van der Waals surface area contributed by atoms with Crippen molar-refractivity contribution in [3.05, 3.63) is 125 Å². The van der Waals surface area contributed by atoms with Crippen LogP contribution in [-0.4, -0.2) is 24.8 Å². The summed E-state index contributed by atoms with van der Waals surface area (Å²) in [7, 11) is 1.64. The zero-order valence-corrected chi connectivity index (χ0v) is 22.2. The number of carbonyl (C=O) groups is 1. The van der Waals surface area contributed by atoms with E-state index in [1.54, 1.807) is 7.11 Å². The standard InChI is InChI=1S/C33H27ClO5/c1-37-26-12-7-11-23(16-26)28-17-24-14-15-31(39-21-33(35)36)29(18-25-10-5-6-13-30(25)34)27(24)19-32(28)38-20-22-8-3-2-4-9-22/h2-17,19H,18,20-21H2,1H3,(H,35,36). The van der Waals surface area contributed by atoms with Crippen molar-refractivity contribution in [1.29, 1.82) is 0 Å². The fraction of sp³-hybridized carbons (Fsp3) is 0.121. The molecule has 0 saturated heterocycles. The SMILES string of the molecule is COc1cccc(-c2cc3ccc(OCC(=O)O)c(Cc4ccccc4Cl)c3cc2OCc2ccccc2)c1. The highest BCUT2D eigenvalue weighted by Crippen LogP contribution is 2.40. The maximum atomic E-state index is 11.3. The minimum absolute atomic E-state index is 0.387. The van der Waals surface area contributed by atoms with Gasteiger partial charge in [0, 0.05) is 22.6 Å². The Balaban J connectivity index is 1.68. The number of fused-ring (bicyclic) bond motifs is 1. The summed E-state index contributed by atoms with van der Waals surface area (Å²) in [4.78, 5) is 11.3. The van der Waals surface area contributed by atoms with E-state index in [1.807, 2.05) is 97.1 Å². The summed E-state index contributed by atoms with van der Waals surface area (Å²) in [5, 5.41) is 11.8. The molecule has 6 heteroatoms. The van der Waals surface area contributed by atoms with Gasteiger partial charge in [0.1, 0.15) is 23.9 Å². The Hall–Kier alpha value is -4.48. The number of rotatable bonds is 10. The summed E-state index contributed by atoms with van der Waals surface area (Å²) in [6, 6.07) is 33.3. The van der Waals surface area contributed by atoms with Gasteiger partial charge in [0.2, 0.25) is 0 Å². The van der Waals surface area contributed by atoms with Gasteiger partial charge in [-0.1, -0.05) is 78.3 Å². The third-order valence-corrected chi connectivity index (χ3v) is 6.85. The predicted octanol–water partition coefficient (Wildman–Crippen LogP) is 7.80. The molecule has 0 aliphatic rings. The molecule has 0 radical (unpaired) electrons. The number of aliphatic carboxylic acids is 1. The minimum Gasteiger partial charge on any atom is -0.497 e. The Morgan fingerprint density at radius 1 is 0.821 bits per heavy atom. The van der Waals surface area contributed by atoms with E-state index in [-0.39, 0.29) is 0 Å². The first-order valence-electron chi connectivity index (χ1n) is 12.5. The third kappa shape index (κ3) is 6.16. The molecule has 5 aromatic rings. The number of benzene rings is 5. The molecule has 0 atom stereocenters. The summed E-state index contributed by atoms with van der Waals surface area (Å²) >= 11 is 6.52. The van der Waals surface area contributed by atoms with Crippen LogP contribution in [0.1, 0.15) is 16.7 Å². The first kappa shape index (κ1) is 26.1. The third-order valence-electron chi connectivity index (χ3n) is 6.48. The molecule has 0 aliphatic heterocycles. The monoisotopic (exact) mass is 538 g/mol. The second kappa shape index (κ2) is 11.9. The van der Waals surface area contributed by atoms with Crippen molar-refractivity contribution in [2.75, 3.05) is 13.7 Å². The van der Waals surface area contributed by atoms with E-state index in [9.17, 15) is 9.90 Å². The van der Waals surface area contributed by atoms with E-state index in [2.05, 4.69) is 6.07 Å². The lowest BCUT2D eigenvalue weighted by atomic mass is 9.93. The molecule has 0 amide bonds. The van der Waals surface area contributed by atoms with Crippen LogP contribution in [0.25, 0.3) is 21.9 Å². The smallest absolute Gasteiger partial charge is 0.341 e. The number of ether oxygens (including phenoxy) is 3. The first-order chi connectivity index (χ1) is 19.0. The average Bonchev–Trinajstić information content (AvgIpc) is 2.96. The molecule has 0 aliphatic carbocycles. The lowest BCUT2D eigenvalue weighted by Gasteiger charge is -2.18. The highest BCUT2D eigenvalue weighted by Gasteiger charge is 2.17. The molecule has 0 spiro atoms. The van der Waals surface area contributed by atoms with Gasteiger partial charge in [0.25, 0.3) is 0 Å². The van der Waals surface area contributed by atoms with Crippen molar-refractivity contribution in [3.8, 4) is 28.4 Å². The van der Waals surface area contributed by atoms with E-state index >= 15 is 0 Å². The Bertz CT molecular complexity index is 1610. The normalized spacial score (nSPS) is 10.8. The Morgan fingerprint density at radius 3 is 2.38 bits per heavy atom. The predicted molar refractivity (Wildman–Crippen MR) is 154 cm³/mol. The van der Waals surface area contributed by atoms with E-state index in [0.717, 1.165) is 44.3 Å². The second-order valence-electron chi connectivity index (χ2n) is 9.07. The van der Waals surface area contributed by atoms with Crippen LogP contribution in [0.5, 0.6) is 17.2 Å². The number of hydrogen-bond acceptors (Lipinski definition) is 4. The summed E-state index contributed by atoms with van der Waals surface area (Å²) in [6.45, 7) is -0.0569. The van der Waals surface area contributed by atoms with Gasteiger partial charge in [-0.25, -0.2) is 4.79 Å². The average molecular weight is 539 g/mol. The van der Waals surface area contributed by atoms with Gasteiger partial charge < -0.3 is 19.3 Å². The van der Waals surface area contributed by atoms with Crippen molar-refractivity contribution in [3.63, 3.8) is 0 Å². The van der Waals surface area contributed by atoms with Crippen LogP contribution in [0.15, 0.2) is 103 Å². The van der Waals surface area contributed by atoms with E-state index in [0.29, 0.717) is 29.5 Å². The Kier molecular flexibility index (Phi) is 7.99. The van der Waals surface area contributed by atoms with Crippen molar-refractivity contribution >= 4 is 28.3 Å². The highest BCUT2D eigenvalue weighted by atomic mass is 35.5. The molecule has 0 unspecified atom stereocenters. The maximum absolute atomic E-state index is 11.3. The van der Waals surface area contributed by atoms with Gasteiger partial charge in [-0.05, 0) is 63.9 Å². The Labute approximate surface area is 232 Å². The van der Waals surface area contributed by atoms with Crippen molar-refractivity contribution in [1.82, 2.24) is 0 Å². The molecule has 0 aromatic heterocycles. The molecule has 1 N–H and O–H groups in total. The van der Waals surface area contributed by atoms with Gasteiger partial charge in [-0.15, -0.1) is 0 Å². The van der Waals surface area contributed by atoms with Gasteiger partial charge >= 0.3 is 5.97 Å². The lowest BCUT2D eigenvalue weighted by molar-refractivity contribution is -0.139. The van der Waals surface area contributed by atoms with Gasteiger partial charge in [-0.2, -0.15) is 0 Å². The van der Waals surface area contributed by atoms with Crippen LogP contribution in [0.4, 0.5) is 0 Å². The van der Waals surface area contributed by atoms with Crippen molar-refractivity contribution in [2.45, 2.75) is 13.0 Å². The van der Waals surface area contributed by atoms with E-state index in [4.69, 9.17) is 25.8 Å². The summed E-state index contributed by atoms with van der Waals surface area (Å²) in [6.07, 6.45) is 0.461. The minimum atomic E-state index is -1.04. The molecule has 0 saturated carbocycles. The first-order valence-corrected chi connectivity index (χ1v) is 12.9. The maximum Gasteiger partial charge on any atom is 0.341 e. The number of carboxylic acid groups (broad SMARTS) is 1. The molecular formula is C33H27ClO5. The van der Waals surface area contributed by atoms with Gasteiger partial charge in [0.15, 0.2) is 6.61 Å². The molecule has 196 valence electrons. The fourth-order valence-corrected chi connectivity index (χ4v) is 4.76. The largest absolute Gasteiger partial charge is 0.497 e. The summed E-state index contributed by atoms with van der Waals surface area (Å²) in [5.41, 5.74) is 4.67. The lowest BCUT2D eigenvalue weighted by Crippen LogP contribution is -2.11. The Morgan fingerprint density at radius 2 is 1.62 bits per heavy atom. The molecule has 5 nitrogen and oxygen atoms in total. The molecular weight excluding hydrogens is 512 g/mol. The van der Waals surface area contributed by atoms with E-state index in [1.165, 1.54) is 0 Å². The van der Waals surface area contributed by atoms with Crippen LogP contribution in [0, 0.1) is 0 Å². The van der Waals surface area contributed by atoms with Crippen LogP contribution in [0.3, 0.4) is 0 Å². The second-order valence-corrected chi connectivity index (χ2v) is 9.48. The number of methoxy groups -OCH3 is 1. The number of halogens is 1. The molecule has 5 aromatic carbocycles. The zero-order chi connectivity index (χ0) is 27.2. The molecule has 0 fully saturated rings. The number of hydrogen-bond donors (Lipinski definition) is 1. The van der Waals surface area contributed by atoms with Crippen molar-refractivity contribution in [2.24, 2.45) is 0 Å². The zero-order valence-electron chi connectivity index (χ0n) is 21.4.